The van der Waals surface area contributed by atoms with E-state index in [1.807, 2.05) is 85.8 Å². The van der Waals surface area contributed by atoms with Gasteiger partial charge in [-0.05, 0) is 41.0 Å². The van der Waals surface area contributed by atoms with Crippen LogP contribution in [-0.2, 0) is 32.6 Å². The quantitative estimate of drug-likeness (QED) is 0.326. The number of likely N-dealkylation sites (N-methyl/N-ethyl adjacent to an activating group) is 2. The van der Waals surface area contributed by atoms with Crippen LogP contribution in [0, 0.1) is 6.92 Å². The molecule has 0 bridgehead atoms. The van der Waals surface area contributed by atoms with Crippen LogP contribution in [0.15, 0.2) is 102 Å². The molecule has 0 saturated heterocycles. The van der Waals surface area contributed by atoms with E-state index < -0.39 is 28.5 Å². The number of carbonyl (C=O) groups is 2. The zero-order valence-corrected chi connectivity index (χ0v) is 23.2. The zero-order chi connectivity index (χ0) is 28.0. The molecule has 0 aliphatic carbocycles. The molecule has 4 rings (SSSR count). The third kappa shape index (κ3) is 6.71. The minimum absolute atomic E-state index is 0.105. The fourth-order valence-electron chi connectivity index (χ4n) is 4.48. The molecule has 0 aliphatic rings. The molecule has 0 saturated carbocycles. The molecule has 0 unspecified atom stereocenters. The summed E-state index contributed by atoms with van der Waals surface area (Å²) in [7, 11) is -1.04. The Balaban J connectivity index is 1.64. The highest BCUT2D eigenvalue weighted by Gasteiger charge is 2.32. The number of rotatable bonds is 10. The van der Waals surface area contributed by atoms with E-state index in [0.717, 1.165) is 31.8 Å². The normalized spacial score (nSPS) is 12.3. The maximum Gasteiger partial charge on any atom is 0.243 e. The Kier molecular flexibility index (Phi) is 8.79. The molecular formula is C31H33N3O4S. The fraction of sp³-hybridized carbons (Fsp3) is 0.226. The molecule has 4 aromatic rings. The minimum Gasteiger partial charge on any atom is -0.357 e. The van der Waals surface area contributed by atoms with Crippen molar-refractivity contribution in [2.24, 2.45) is 0 Å². The van der Waals surface area contributed by atoms with Crippen molar-refractivity contribution < 1.29 is 18.0 Å². The number of carbonyl (C=O) groups excluding carboxylic acids is 2. The SMILES string of the molecule is CNC(=O)[C@@H](Cc1ccccc1)N(Cc1ccc(C)cc1)C(=O)CN(C)S(=O)(=O)c1ccc2ccccc2c1. The lowest BCUT2D eigenvalue weighted by atomic mass is 10.0. The van der Waals surface area contributed by atoms with Gasteiger partial charge < -0.3 is 10.2 Å². The number of fused-ring (bicyclic) bond motifs is 1. The Hall–Kier alpha value is -4.01. The number of nitrogens with one attached hydrogen (secondary N) is 1. The first-order valence-electron chi connectivity index (χ1n) is 12.7. The molecule has 202 valence electrons. The molecule has 0 aromatic heterocycles. The summed E-state index contributed by atoms with van der Waals surface area (Å²) in [5.41, 5.74) is 2.81. The van der Waals surface area contributed by atoms with Gasteiger partial charge in [0.1, 0.15) is 6.04 Å². The average molecular weight is 544 g/mol. The topological polar surface area (TPSA) is 86.8 Å². The summed E-state index contributed by atoms with van der Waals surface area (Å²) in [6, 6.07) is 28.7. The zero-order valence-electron chi connectivity index (χ0n) is 22.4. The van der Waals surface area contributed by atoms with Crippen LogP contribution in [0.1, 0.15) is 16.7 Å². The summed E-state index contributed by atoms with van der Waals surface area (Å²) in [6.07, 6.45) is 0.291. The lowest BCUT2D eigenvalue weighted by Gasteiger charge is -2.32. The monoisotopic (exact) mass is 543 g/mol. The summed E-state index contributed by atoms with van der Waals surface area (Å²) in [4.78, 5) is 28.5. The lowest BCUT2D eigenvalue weighted by molar-refractivity contribution is -0.141. The predicted molar refractivity (Wildman–Crippen MR) is 153 cm³/mol. The number of benzene rings is 4. The van der Waals surface area contributed by atoms with Crippen LogP contribution in [0.2, 0.25) is 0 Å². The van der Waals surface area contributed by atoms with Crippen LogP contribution in [0.5, 0.6) is 0 Å². The Morgan fingerprint density at radius 2 is 1.46 bits per heavy atom. The molecule has 4 aromatic carbocycles. The van der Waals surface area contributed by atoms with E-state index in [2.05, 4.69) is 5.32 Å². The van der Waals surface area contributed by atoms with Crippen LogP contribution in [0.25, 0.3) is 10.8 Å². The largest absolute Gasteiger partial charge is 0.357 e. The van der Waals surface area contributed by atoms with Gasteiger partial charge in [-0.25, -0.2) is 8.42 Å². The highest BCUT2D eigenvalue weighted by atomic mass is 32.2. The van der Waals surface area contributed by atoms with Gasteiger partial charge in [0.15, 0.2) is 0 Å². The van der Waals surface area contributed by atoms with Crippen LogP contribution in [0.3, 0.4) is 0 Å². The number of sulfonamides is 1. The second kappa shape index (κ2) is 12.2. The van der Waals surface area contributed by atoms with E-state index in [4.69, 9.17) is 0 Å². The lowest BCUT2D eigenvalue weighted by Crippen LogP contribution is -2.52. The first-order chi connectivity index (χ1) is 18.7. The summed E-state index contributed by atoms with van der Waals surface area (Å²) < 4.78 is 28.0. The Bertz CT molecular complexity index is 1550. The average Bonchev–Trinajstić information content (AvgIpc) is 2.95. The number of hydrogen-bond acceptors (Lipinski definition) is 4. The molecule has 0 fully saturated rings. The number of hydrogen-bond donors (Lipinski definition) is 1. The standard InChI is InChI=1S/C31H33N3O4S/c1-23-13-15-25(16-14-23)21-34(29(31(36)32-2)19-24-9-5-4-6-10-24)30(35)22-33(3)39(37,38)28-18-17-26-11-7-8-12-27(26)20-28/h4-18,20,29H,19,21-22H2,1-3H3,(H,32,36)/t29-/m1/s1. The van der Waals surface area contributed by atoms with Crippen molar-refractivity contribution in [2.45, 2.75) is 30.8 Å². The van der Waals surface area contributed by atoms with Gasteiger partial charge in [-0.2, -0.15) is 4.31 Å². The van der Waals surface area contributed by atoms with E-state index in [-0.39, 0.29) is 17.3 Å². The van der Waals surface area contributed by atoms with Crippen molar-refractivity contribution >= 4 is 32.6 Å². The van der Waals surface area contributed by atoms with Gasteiger partial charge in [0.25, 0.3) is 0 Å². The van der Waals surface area contributed by atoms with E-state index in [1.165, 1.54) is 19.0 Å². The molecule has 0 aliphatic heterocycles. The van der Waals surface area contributed by atoms with Gasteiger partial charge >= 0.3 is 0 Å². The van der Waals surface area contributed by atoms with Crippen LogP contribution in [0.4, 0.5) is 0 Å². The molecule has 8 heteroatoms. The van der Waals surface area contributed by atoms with Crippen LogP contribution >= 0.6 is 0 Å². The summed E-state index contributed by atoms with van der Waals surface area (Å²) >= 11 is 0. The van der Waals surface area contributed by atoms with Crippen LogP contribution < -0.4 is 5.32 Å². The van der Waals surface area contributed by atoms with Gasteiger partial charge in [0.05, 0.1) is 11.4 Å². The first-order valence-corrected chi connectivity index (χ1v) is 14.2. The highest BCUT2D eigenvalue weighted by Crippen LogP contribution is 2.22. The number of nitrogens with zero attached hydrogens (tertiary/aromatic N) is 2. The second-order valence-electron chi connectivity index (χ2n) is 9.60. The predicted octanol–water partition coefficient (Wildman–Crippen LogP) is 4.15. The smallest absolute Gasteiger partial charge is 0.243 e. The minimum atomic E-state index is -3.96. The van der Waals surface area contributed by atoms with Crippen molar-refractivity contribution in [2.75, 3.05) is 20.6 Å². The van der Waals surface area contributed by atoms with Crippen molar-refractivity contribution in [1.29, 1.82) is 0 Å². The Morgan fingerprint density at radius 3 is 2.13 bits per heavy atom. The van der Waals surface area contributed by atoms with Crippen molar-refractivity contribution in [1.82, 2.24) is 14.5 Å². The molecule has 0 heterocycles. The van der Waals surface area contributed by atoms with E-state index in [9.17, 15) is 18.0 Å². The molecule has 1 atom stereocenters. The molecule has 7 nitrogen and oxygen atoms in total. The fourth-order valence-corrected chi connectivity index (χ4v) is 5.64. The van der Waals surface area contributed by atoms with Gasteiger partial charge in [-0.3, -0.25) is 9.59 Å². The van der Waals surface area contributed by atoms with Crippen LogP contribution in [-0.4, -0.2) is 56.1 Å². The molecule has 2 amide bonds. The van der Waals surface area contributed by atoms with Gasteiger partial charge in [0, 0.05) is 27.1 Å². The summed E-state index contributed by atoms with van der Waals surface area (Å²) in [6.45, 7) is 1.72. The van der Waals surface area contributed by atoms with Gasteiger partial charge in [0.2, 0.25) is 21.8 Å². The molecule has 39 heavy (non-hydrogen) atoms. The molecule has 0 radical (unpaired) electrons. The van der Waals surface area contributed by atoms with Gasteiger partial charge in [-0.1, -0.05) is 90.5 Å². The highest BCUT2D eigenvalue weighted by molar-refractivity contribution is 7.89. The third-order valence-corrected chi connectivity index (χ3v) is 8.58. The number of aryl methyl sites for hydroxylation is 1. The molecule has 0 spiro atoms. The molecule has 1 N–H and O–H groups in total. The Morgan fingerprint density at radius 1 is 0.821 bits per heavy atom. The van der Waals surface area contributed by atoms with Crippen molar-refractivity contribution in [3.05, 3.63) is 114 Å². The van der Waals surface area contributed by atoms with E-state index in [0.29, 0.717) is 6.42 Å². The van der Waals surface area contributed by atoms with Gasteiger partial charge in [-0.15, -0.1) is 0 Å². The molecular weight excluding hydrogens is 510 g/mol. The first kappa shape index (κ1) is 28.0. The summed E-state index contributed by atoms with van der Waals surface area (Å²) in [5, 5.41) is 4.40. The van der Waals surface area contributed by atoms with E-state index in [1.54, 1.807) is 18.2 Å². The number of amides is 2. The second-order valence-corrected chi connectivity index (χ2v) is 11.6. The maximum atomic E-state index is 13.8. The van der Waals surface area contributed by atoms with Crippen molar-refractivity contribution in [3.8, 4) is 0 Å². The maximum absolute atomic E-state index is 13.8. The van der Waals surface area contributed by atoms with Crippen molar-refractivity contribution in [3.63, 3.8) is 0 Å². The summed E-state index contributed by atoms with van der Waals surface area (Å²) in [5.74, 6) is -0.786. The third-order valence-electron chi connectivity index (χ3n) is 6.78. The Labute approximate surface area is 230 Å². The van der Waals surface area contributed by atoms with E-state index >= 15 is 0 Å².